The van der Waals surface area contributed by atoms with Crippen LogP contribution in [-0.2, 0) is 0 Å². The van der Waals surface area contributed by atoms with Crippen LogP contribution >= 0.6 is 7.92 Å². The summed E-state index contributed by atoms with van der Waals surface area (Å²) in [6.45, 7) is 14.0. The summed E-state index contributed by atoms with van der Waals surface area (Å²) in [5.74, 6) is 1.14. The molecule has 0 heterocycles. The second kappa shape index (κ2) is 10.5. The lowest BCUT2D eigenvalue weighted by atomic mass is 9.91. The van der Waals surface area contributed by atoms with E-state index in [4.69, 9.17) is 0 Å². The van der Waals surface area contributed by atoms with Gasteiger partial charge in [-0.05, 0) is 86.4 Å². The number of nitrogens with one attached hydrogen (secondary N) is 1. The molecule has 0 radical (unpaired) electrons. The largest absolute Gasteiger partial charge is 0.325 e. The predicted molar refractivity (Wildman–Crippen MR) is 167 cm³/mol. The van der Waals surface area contributed by atoms with E-state index in [-0.39, 0.29) is 13.5 Å². The molecule has 0 aliphatic heterocycles. The van der Waals surface area contributed by atoms with Crippen LogP contribution in [0.5, 0.6) is 0 Å². The van der Waals surface area contributed by atoms with E-state index in [1.165, 1.54) is 33.2 Å². The molecule has 0 saturated heterocycles. The van der Waals surface area contributed by atoms with Gasteiger partial charge in [-0.15, -0.1) is 0 Å². The van der Waals surface area contributed by atoms with E-state index in [1.807, 2.05) is 0 Å². The zero-order valence-electron chi connectivity index (χ0n) is 23.3. The molecule has 3 heteroatoms. The van der Waals surface area contributed by atoms with Crippen LogP contribution in [-0.4, -0.2) is 26.1 Å². The van der Waals surface area contributed by atoms with Crippen LogP contribution in [0, 0.1) is 25.7 Å². The minimum absolute atomic E-state index is 0.000176. The molecule has 1 fully saturated rings. The first-order chi connectivity index (χ1) is 17.7. The van der Waals surface area contributed by atoms with Gasteiger partial charge >= 0.3 is 0 Å². The quantitative estimate of drug-likeness (QED) is 0.280. The molecule has 1 saturated carbocycles. The van der Waals surface area contributed by atoms with E-state index >= 15 is 0 Å². The fraction of sp³-hybridized carbons (Fsp3) is 0.353. The van der Waals surface area contributed by atoms with E-state index < -0.39 is 8.24 Å². The van der Waals surface area contributed by atoms with Crippen LogP contribution in [0.4, 0.5) is 0 Å². The minimum Gasteiger partial charge on any atom is -0.325 e. The fourth-order valence-electron chi connectivity index (χ4n) is 6.80. The van der Waals surface area contributed by atoms with Crippen molar-refractivity contribution in [3.63, 3.8) is 0 Å². The third-order valence-electron chi connectivity index (χ3n) is 8.43. The molecule has 1 N–H and O–H groups in total. The van der Waals surface area contributed by atoms with Crippen molar-refractivity contribution >= 4 is 31.8 Å². The van der Waals surface area contributed by atoms with E-state index in [2.05, 4.69) is 149 Å². The summed E-state index contributed by atoms with van der Waals surface area (Å²) in [6, 6.07) is 30.4. The van der Waals surface area contributed by atoms with E-state index in [0.717, 1.165) is 0 Å². The molecular formula is C34H42NPSi. The summed E-state index contributed by atoms with van der Waals surface area (Å²) >= 11 is 0. The lowest BCUT2D eigenvalue weighted by molar-refractivity contribution is 0.493. The SMILES string of the molecule is Cc1ccc([Si](NC(C)(C)C)(c2ccc(C)cc2)C2CC(P(C)c3ccccc3)C3C=CC=CC32)cc1. The van der Waals surface area contributed by atoms with Crippen molar-refractivity contribution in [2.45, 2.75) is 57.8 Å². The van der Waals surface area contributed by atoms with Crippen molar-refractivity contribution < 1.29 is 0 Å². The summed E-state index contributed by atoms with van der Waals surface area (Å²) < 4.78 is 0. The molecule has 3 aromatic rings. The summed E-state index contributed by atoms with van der Waals surface area (Å²) in [5.41, 5.74) is 3.91. The highest BCUT2D eigenvalue weighted by Crippen LogP contribution is 2.58. The first-order valence-electron chi connectivity index (χ1n) is 13.8. The first-order valence-corrected chi connectivity index (χ1v) is 17.7. The van der Waals surface area contributed by atoms with Gasteiger partial charge in [0.1, 0.15) is 0 Å². The van der Waals surface area contributed by atoms with Crippen LogP contribution in [0.1, 0.15) is 38.3 Å². The van der Waals surface area contributed by atoms with E-state index in [9.17, 15) is 0 Å². The van der Waals surface area contributed by atoms with Gasteiger partial charge in [-0.2, -0.15) is 0 Å². The fourth-order valence-corrected chi connectivity index (χ4v) is 15.1. The number of benzene rings is 3. The highest BCUT2D eigenvalue weighted by molar-refractivity contribution is 7.65. The molecule has 5 atom stereocenters. The van der Waals surface area contributed by atoms with Gasteiger partial charge in [0.2, 0.25) is 0 Å². The second-order valence-electron chi connectivity index (χ2n) is 12.2. The monoisotopic (exact) mass is 523 g/mol. The smallest absolute Gasteiger partial charge is 0.194 e. The minimum atomic E-state index is -2.42. The van der Waals surface area contributed by atoms with Crippen molar-refractivity contribution in [1.82, 2.24) is 4.98 Å². The highest BCUT2D eigenvalue weighted by atomic mass is 31.1. The number of rotatable bonds is 6. The van der Waals surface area contributed by atoms with Crippen molar-refractivity contribution in [3.8, 4) is 0 Å². The van der Waals surface area contributed by atoms with Gasteiger partial charge in [0.05, 0.1) is 0 Å². The van der Waals surface area contributed by atoms with Gasteiger partial charge in [-0.25, -0.2) is 0 Å². The van der Waals surface area contributed by atoms with E-state index in [0.29, 0.717) is 23.0 Å². The van der Waals surface area contributed by atoms with Crippen LogP contribution < -0.4 is 20.7 Å². The Labute approximate surface area is 227 Å². The molecule has 0 spiro atoms. The molecule has 0 bridgehead atoms. The normalized spacial score (nSPS) is 24.2. The molecule has 1 nitrogen and oxygen atoms in total. The zero-order valence-corrected chi connectivity index (χ0v) is 25.2. The highest BCUT2D eigenvalue weighted by Gasteiger charge is 2.56. The molecule has 37 heavy (non-hydrogen) atoms. The van der Waals surface area contributed by atoms with Crippen LogP contribution in [0.3, 0.4) is 0 Å². The maximum Gasteiger partial charge on any atom is 0.194 e. The standard InChI is InChI=1S/C34H42NPSi/c1-25-16-20-28(21-17-25)37(35-34(3,4)5,29-22-18-26(2)19-23-29)33-24-32(30-14-10-11-15-31(30)33)36(6)27-12-8-7-9-13-27/h7-23,30-33,35H,24H2,1-6H3. The molecular weight excluding hydrogens is 481 g/mol. The summed E-state index contributed by atoms with van der Waals surface area (Å²) in [6.07, 6.45) is 11.0. The van der Waals surface area contributed by atoms with Gasteiger partial charge in [0.15, 0.2) is 8.24 Å². The average Bonchev–Trinajstić information content (AvgIpc) is 3.28. The van der Waals surface area contributed by atoms with Gasteiger partial charge in [-0.3, -0.25) is 0 Å². The van der Waals surface area contributed by atoms with Gasteiger partial charge < -0.3 is 4.98 Å². The Morgan fingerprint density at radius 1 is 0.730 bits per heavy atom. The second-order valence-corrected chi connectivity index (χ2v) is 18.4. The van der Waals surface area contributed by atoms with Crippen molar-refractivity contribution in [3.05, 3.63) is 114 Å². The average molecular weight is 524 g/mol. The first kappa shape index (κ1) is 26.4. The predicted octanol–water partition coefficient (Wildman–Crippen LogP) is 6.69. The molecule has 0 amide bonds. The summed E-state index contributed by atoms with van der Waals surface area (Å²) in [5, 5.41) is 4.57. The molecule has 2 aliphatic carbocycles. The maximum atomic E-state index is 4.40. The maximum absolute atomic E-state index is 4.40. The van der Waals surface area contributed by atoms with Gasteiger partial charge in [0, 0.05) is 5.54 Å². The van der Waals surface area contributed by atoms with Crippen molar-refractivity contribution in [1.29, 1.82) is 0 Å². The number of allylic oxidation sites excluding steroid dienone is 4. The molecule has 5 unspecified atom stereocenters. The number of hydrogen-bond donors (Lipinski definition) is 1. The Balaban J connectivity index is 1.70. The zero-order chi connectivity index (χ0) is 26.2. The molecule has 3 aromatic carbocycles. The summed E-state index contributed by atoms with van der Waals surface area (Å²) in [7, 11) is -2.68. The third-order valence-corrected chi connectivity index (χ3v) is 16.5. The van der Waals surface area contributed by atoms with Crippen LogP contribution in [0.25, 0.3) is 0 Å². The Morgan fingerprint density at radius 2 is 1.24 bits per heavy atom. The van der Waals surface area contributed by atoms with Gasteiger partial charge in [-0.1, -0.05) is 122 Å². The Morgan fingerprint density at radius 3 is 1.76 bits per heavy atom. The van der Waals surface area contributed by atoms with Crippen molar-refractivity contribution in [2.24, 2.45) is 11.8 Å². The lowest BCUT2D eigenvalue weighted by Crippen LogP contribution is -2.75. The third kappa shape index (κ3) is 5.22. The molecule has 192 valence electrons. The molecule has 5 rings (SSSR count). The topological polar surface area (TPSA) is 12.0 Å². The Hall–Kier alpha value is -2.25. The Bertz CT molecular complexity index is 1210. The van der Waals surface area contributed by atoms with Gasteiger partial charge in [0.25, 0.3) is 0 Å². The number of aryl methyl sites for hydroxylation is 2. The Kier molecular flexibility index (Phi) is 7.47. The summed E-state index contributed by atoms with van der Waals surface area (Å²) in [4.78, 5) is 4.40. The molecule has 0 aromatic heterocycles. The number of fused-ring (bicyclic) bond motifs is 1. The van der Waals surface area contributed by atoms with E-state index in [1.54, 1.807) is 0 Å². The number of hydrogen-bond acceptors (Lipinski definition) is 1. The van der Waals surface area contributed by atoms with Crippen LogP contribution in [0.15, 0.2) is 103 Å². The lowest BCUT2D eigenvalue weighted by Gasteiger charge is -2.46. The molecule has 2 aliphatic rings. The van der Waals surface area contributed by atoms with Crippen LogP contribution in [0.2, 0.25) is 5.54 Å². The van der Waals surface area contributed by atoms with Crippen molar-refractivity contribution in [2.75, 3.05) is 6.66 Å².